The Hall–Kier alpha value is -1.55. The van der Waals surface area contributed by atoms with E-state index < -0.39 is 0 Å². The van der Waals surface area contributed by atoms with Crippen LogP contribution in [-0.2, 0) is 9.53 Å². The minimum Gasteiger partial charge on any atom is -0.398 e. The van der Waals surface area contributed by atoms with Crippen LogP contribution in [0, 0.1) is 6.92 Å². The van der Waals surface area contributed by atoms with Crippen LogP contribution in [0.1, 0.15) is 25.3 Å². The van der Waals surface area contributed by atoms with Crippen LogP contribution in [0.3, 0.4) is 0 Å². The summed E-state index contributed by atoms with van der Waals surface area (Å²) >= 11 is 0. The van der Waals surface area contributed by atoms with Crippen molar-refractivity contribution in [1.82, 2.24) is 0 Å². The highest BCUT2D eigenvalue weighted by Crippen LogP contribution is 2.20. The van der Waals surface area contributed by atoms with Crippen LogP contribution in [0.5, 0.6) is 0 Å². The molecule has 1 rings (SSSR count). The number of anilines is 2. The minimum atomic E-state index is -0.0465. The molecule has 0 aromatic heterocycles. The SMILES string of the molecule is CCCOCCC(=O)Nc1cccc(N)c1C. The third-order valence-corrected chi connectivity index (χ3v) is 2.47. The summed E-state index contributed by atoms with van der Waals surface area (Å²) < 4.78 is 5.26. The summed E-state index contributed by atoms with van der Waals surface area (Å²) in [6, 6.07) is 5.48. The Morgan fingerprint density at radius 2 is 2.18 bits per heavy atom. The third kappa shape index (κ3) is 4.44. The first kappa shape index (κ1) is 13.5. The topological polar surface area (TPSA) is 64.3 Å². The van der Waals surface area contributed by atoms with E-state index in [-0.39, 0.29) is 5.91 Å². The molecule has 0 bridgehead atoms. The smallest absolute Gasteiger partial charge is 0.226 e. The Balaban J connectivity index is 2.43. The molecule has 1 amide bonds. The molecule has 1 aromatic rings. The molecule has 17 heavy (non-hydrogen) atoms. The Morgan fingerprint density at radius 3 is 2.88 bits per heavy atom. The lowest BCUT2D eigenvalue weighted by Crippen LogP contribution is -2.15. The van der Waals surface area contributed by atoms with Crippen LogP contribution in [0.25, 0.3) is 0 Å². The fraction of sp³-hybridized carbons (Fsp3) is 0.462. The zero-order valence-electron chi connectivity index (χ0n) is 10.5. The van der Waals surface area contributed by atoms with Crippen LogP contribution < -0.4 is 11.1 Å². The molecular weight excluding hydrogens is 216 g/mol. The van der Waals surface area contributed by atoms with Gasteiger partial charge in [0, 0.05) is 18.0 Å². The molecule has 0 saturated heterocycles. The first-order valence-electron chi connectivity index (χ1n) is 5.87. The Labute approximate surface area is 102 Å². The number of hydrogen-bond acceptors (Lipinski definition) is 3. The molecule has 0 aliphatic rings. The van der Waals surface area contributed by atoms with Crippen LogP contribution in [0.4, 0.5) is 11.4 Å². The summed E-state index contributed by atoms with van der Waals surface area (Å²) in [5.41, 5.74) is 8.11. The lowest BCUT2D eigenvalue weighted by atomic mass is 10.1. The van der Waals surface area contributed by atoms with Gasteiger partial charge in [-0.2, -0.15) is 0 Å². The minimum absolute atomic E-state index is 0.0465. The van der Waals surface area contributed by atoms with E-state index >= 15 is 0 Å². The highest BCUT2D eigenvalue weighted by atomic mass is 16.5. The summed E-state index contributed by atoms with van der Waals surface area (Å²) in [6.07, 6.45) is 1.34. The van der Waals surface area contributed by atoms with E-state index in [1.807, 2.05) is 32.0 Å². The van der Waals surface area contributed by atoms with Gasteiger partial charge >= 0.3 is 0 Å². The van der Waals surface area contributed by atoms with Gasteiger partial charge in [-0.15, -0.1) is 0 Å². The van der Waals surface area contributed by atoms with Crippen molar-refractivity contribution in [2.75, 3.05) is 24.3 Å². The fourth-order valence-corrected chi connectivity index (χ4v) is 1.41. The van der Waals surface area contributed by atoms with Gasteiger partial charge in [-0.05, 0) is 31.0 Å². The number of rotatable bonds is 6. The highest BCUT2D eigenvalue weighted by Gasteiger charge is 2.05. The summed E-state index contributed by atoms with van der Waals surface area (Å²) in [6.45, 7) is 5.08. The van der Waals surface area contributed by atoms with E-state index in [1.54, 1.807) is 0 Å². The number of nitrogens with one attached hydrogen (secondary N) is 1. The highest BCUT2D eigenvalue weighted by molar-refractivity contribution is 5.92. The van der Waals surface area contributed by atoms with E-state index in [1.165, 1.54) is 0 Å². The zero-order chi connectivity index (χ0) is 12.7. The Bertz CT molecular complexity index is 378. The van der Waals surface area contributed by atoms with Gasteiger partial charge in [0.1, 0.15) is 0 Å². The van der Waals surface area contributed by atoms with Crippen molar-refractivity contribution in [3.05, 3.63) is 23.8 Å². The maximum atomic E-state index is 11.6. The summed E-state index contributed by atoms with van der Waals surface area (Å²) in [7, 11) is 0. The molecule has 0 aliphatic carbocycles. The second kappa shape index (κ2) is 6.91. The van der Waals surface area contributed by atoms with E-state index in [9.17, 15) is 4.79 Å². The molecule has 0 aliphatic heterocycles. The van der Waals surface area contributed by atoms with Gasteiger partial charge in [0.05, 0.1) is 13.0 Å². The number of nitrogens with two attached hydrogens (primary N) is 1. The molecule has 0 atom stereocenters. The second-order valence-corrected chi connectivity index (χ2v) is 3.93. The predicted octanol–water partition coefficient (Wildman–Crippen LogP) is 2.33. The summed E-state index contributed by atoms with van der Waals surface area (Å²) in [5.74, 6) is -0.0465. The molecule has 0 radical (unpaired) electrons. The molecule has 0 fully saturated rings. The number of ether oxygens (including phenoxy) is 1. The maximum Gasteiger partial charge on any atom is 0.226 e. The van der Waals surface area contributed by atoms with Crippen molar-refractivity contribution in [1.29, 1.82) is 0 Å². The number of carbonyl (C=O) groups is 1. The van der Waals surface area contributed by atoms with E-state index in [0.717, 1.165) is 17.7 Å². The predicted molar refractivity (Wildman–Crippen MR) is 69.9 cm³/mol. The number of amides is 1. The monoisotopic (exact) mass is 236 g/mol. The third-order valence-electron chi connectivity index (χ3n) is 2.47. The molecular formula is C13H20N2O2. The normalized spacial score (nSPS) is 10.2. The number of hydrogen-bond donors (Lipinski definition) is 2. The summed E-state index contributed by atoms with van der Waals surface area (Å²) in [4.78, 5) is 11.6. The molecule has 0 unspecified atom stereocenters. The average Bonchev–Trinajstić information content (AvgIpc) is 2.31. The van der Waals surface area contributed by atoms with Crippen LogP contribution >= 0.6 is 0 Å². The van der Waals surface area contributed by atoms with E-state index in [4.69, 9.17) is 10.5 Å². The van der Waals surface area contributed by atoms with Gasteiger partial charge in [-0.1, -0.05) is 13.0 Å². The fourth-order valence-electron chi connectivity index (χ4n) is 1.41. The largest absolute Gasteiger partial charge is 0.398 e. The average molecular weight is 236 g/mol. The second-order valence-electron chi connectivity index (χ2n) is 3.93. The number of benzene rings is 1. The van der Waals surface area contributed by atoms with Crippen LogP contribution in [0.2, 0.25) is 0 Å². The first-order valence-corrected chi connectivity index (χ1v) is 5.87. The lowest BCUT2D eigenvalue weighted by molar-refractivity contribution is -0.117. The standard InChI is InChI=1S/C13H20N2O2/c1-3-8-17-9-7-13(16)15-12-6-4-5-11(14)10(12)2/h4-6H,3,7-9,14H2,1-2H3,(H,15,16). The molecule has 3 N–H and O–H groups in total. The Morgan fingerprint density at radius 1 is 1.41 bits per heavy atom. The zero-order valence-corrected chi connectivity index (χ0v) is 10.5. The van der Waals surface area contributed by atoms with Crippen molar-refractivity contribution in [3.63, 3.8) is 0 Å². The number of nitrogen functional groups attached to an aromatic ring is 1. The van der Waals surface area contributed by atoms with Gasteiger partial charge in [-0.3, -0.25) is 4.79 Å². The summed E-state index contributed by atoms with van der Waals surface area (Å²) in [5, 5.41) is 2.83. The molecule has 0 spiro atoms. The molecule has 0 saturated carbocycles. The van der Waals surface area contributed by atoms with E-state index in [2.05, 4.69) is 5.32 Å². The molecule has 94 valence electrons. The van der Waals surface area contributed by atoms with Crippen LogP contribution in [0.15, 0.2) is 18.2 Å². The molecule has 1 aromatic carbocycles. The van der Waals surface area contributed by atoms with Crippen molar-refractivity contribution < 1.29 is 9.53 Å². The Kier molecular flexibility index (Phi) is 5.49. The van der Waals surface area contributed by atoms with Crippen molar-refractivity contribution in [3.8, 4) is 0 Å². The van der Waals surface area contributed by atoms with Gasteiger partial charge in [-0.25, -0.2) is 0 Å². The van der Waals surface area contributed by atoms with Gasteiger partial charge < -0.3 is 15.8 Å². The van der Waals surface area contributed by atoms with Crippen LogP contribution in [-0.4, -0.2) is 19.1 Å². The molecule has 0 heterocycles. The molecule has 4 nitrogen and oxygen atoms in total. The first-order chi connectivity index (χ1) is 8.15. The van der Waals surface area contributed by atoms with Crippen molar-refractivity contribution >= 4 is 17.3 Å². The van der Waals surface area contributed by atoms with Gasteiger partial charge in [0.15, 0.2) is 0 Å². The van der Waals surface area contributed by atoms with E-state index in [0.29, 0.717) is 25.3 Å². The lowest BCUT2D eigenvalue weighted by Gasteiger charge is -2.10. The number of carbonyl (C=O) groups excluding carboxylic acids is 1. The van der Waals surface area contributed by atoms with Gasteiger partial charge in [0.25, 0.3) is 0 Å². The van der Waals surface area contributed by atoms with Crippen molar-refractivity contribution in [2.45, 2.75) is 26.7 Å². The quantitative estimate of drug-likeness (QED) is 0.588. The van der Waals surface area contributed by atoms with Gasteiger partial charge in [0.2, 0.25) is 5.91 Å². The van der Waals surface area contributed by atoms with Crippen molar-refractivity contribution in [2.24, 2.45) is 0 Å². The molecule has 4 heteroatoms. The maximum absolute atomic E-state index is 11.6.